The number of carbonyl (C=O) groups is 3. The van der Waals surface area contributed by atoms with Gasteiger partial charge in [-0.3, -0.25) is 9.59 Å². The topological polar surface area (TPSA) is 151 Å². The Morgan fingerprint density at radius 3 is 2.33 bits per heavy atom. The van der Waals surface area contributed by atoms with Crippen LogP contribution in [0.5, 0.6) is 5.75 Å². The van der Waals surface area contributed by atoms with E-state index in [0.717, 1.165) is 6.92 Å². The van der Waals surface area contributed by atoms with E-state index >= 15 is 0 Å². The zero-order chi connectivity index (χ0) is 18.3. The van der Waals surface area contributed by atoms with Gasteiger partial charge in [-0.25, -0.2) is 4.79 Å². The maximum atomic E-state index is 12.1. The number of aliphatic hydroxyl groups excluding tert-OH is 4. The summed E-state index contributed by atoms with van der Waals surface area (Å²) in [5.41, 5.74) is -0.177. The lowest BCUT2D eigenvalue weighted by Gasteiger charge is -2.25. The van der Waals surface area contributed by atoms with Crippen molar-refractivity contribution < 1.29 is 44.3 Å². The summed E-state index contributed by atoms with van der Waals surface area (Å²) in [6, 6.07) is 5.56. The molecule has 0 fully saturated rings. The zero-order valence-electron chi connectivity index (χ0n) is 12.7. The molecular formula is C15H18O9. The number of aldehydes is 1. The van der Waals surface area contributed by atoms with Crippen molar-refractivity contribution in [1.29, 1.82) is 0 Å². The average molecular weight is 342 g/mol. The largest absolute Gasteiger partial charge is 0.448 e. The predicted molar refractivity (Wildman–Crippen MR) is 78.1 cm³/mol. The molecule has 0 spiro atoms. The molecule has 0 aromatic heterocycles. The third kappa shape index (κ3) is 5.10. The third-order valence-electron chi connectivity index (χ3n) is 3.01. The molecule has 24 heavy (non-hydrogen) atoms. The van der Waals surface area contributed by atoms with Gasteiger partial charge in [-0.15, -0.1) is 0 Å². The van der Waals surface area contributed by atoms with Crippen molar-refractivity contribution in [2.45, 2.75) is 31.3 Å². The molecular weight excluding hydrogens is 324 g/mol. The van der Waals surface area contributed by atoms with Crippen molar-refractivity contribution in [3.8, 4) is 5.75 Å². The summed E-state index contributed by atoms with van der Waals surface area (Å²) in [7, 11) is 0. The van der Waals surface area contributed by atoms with Gasteiger partial charge in [0.15, 0.2) is 12.4 Å². The Labute approximate surface area is 137 Å². The lowest BCUT2D eigenvalue weighted by atomic mass is 10.0. The number of esters is 2. The van der Waals surface area contributed by atoms with Crippen molar-refractivity contribution in [3.63, 3.8) is 0 Å². The van der Waals surface area contributed by atoms with Crippen molar-refractivity contribution in [3.05, 3.63) is 29.8 Å². The molecule has 0 heterocycles. The minimum absolute atomic E-state index is 0.0598. The summed E-state index contributed by atoms with van der Waals surface area (Å²) in [5.74, 6) is -1.87. The van der Waals surface area contributed by atoms with Crippen LogP contribution < -0.4 is 4.74 Å². The van der Waals surface area contributed by atoms with E-state index in [1.54, 1.807) is 0 Å². The molecule has 4 N–H and O–H groups in total. The lowest BCUT2D eigenvalue weighted by molar-refractivity contribution is -0.138. The molecule has 9 heteroatoms. The van der Waals surface area contributed by atoms with Crippen LogP contribution in [0.3, 0.4) is 0 Å². The van der Waals surface area contributed by atoms with Crippen molar-refractivity contribution in [2.24, 2.45) is 0 Å². The Balaban J connectivity index is 2.92. The van der Waals surface area contributed by atoms with Crippen molar-refractivity contribution in [2.75, 3.05) is 6.61 Å². The SMILES string of the molecule is CC(=O)Oc1ccccc1C(=O)O[C@@H](C=O)[C@@H](O)[C@H](O)[C@H](O)CO. The van der Waals surface area contributed by atoms with E-state index in [1.165, 1.54) is 24.3 Å². The van der Waals surface area contributed by atoms with Crippen LogP contribution in [0.4, 0.5) is 0 Å². The minimum Gasteiger partial charge on any atom is -0.448 e. The minimum atomic E-state index is -1.96. The Hall–Kier alpha value is -2.33. The van der Waals surface area contributed by atoms with Gasteiger partial charge in [-0.2, -0.15) is 0 Å². The highest BCUT2D eigenvalue weighted by Gasteiger charge is 2.34. The van der Waals surface area contributed by atoms with Crippen LogP contribution in [-0.4, -0.2) is 69.7 Å². The van der Waals surface area contributed by atoms with Crippen LogP contribution >= 0.6 is 0 Å². The number of carbonyl (C=O) groups excluding carboxylic acids is 3. The second kappa shape index (κ2) is 9.08. The molecule has 0 aliphatic carbocycles. The number of rotatable bonds is 8. The first-order chi connectivity index (χ1) is 11.3. The van der Waals surface area contributed by atoms with Crippen LogP contribution in [0.2, 0.25) is 0 Å². The van der Waals surface area contributed by atoms with Crippen LogP contribution in [0, 0.1) is 0 Å². The summed E-state index contributed by atoms with van der Waals surface area (Å²) in [6.07, 6.45) is -7.35. The van der Waals surface area contributed by atoms with Gasteiger partial charge in [0.05, 0.1) is 6.61 Å². The summed E-state index contributed by atoms with van der Waals surface area (Å²) < 4.78 is 9.62. The summed E-state index contributed by atoms with van der Waals surface area (Å²) >= 11 is 0. The maximum absolute atomic E-state index is 12.1. The van der Waals surface area contributed by atoms with Crippen LogP contribution in [-0.2, 0) is 14.3 Å². The van der Waals surface area contributed by atoms with Crippen molar-refractivity contribution >= 4 is 18.2 Å². The quantitative estimate of drug-likeness (QED) is 0.249. The van der Waals surface area contributed by atoms with Crippen molar-refractivity contribution in [1.82, 2.24) is 0 Å². The normalized spacial score (nSPS) is 15.7. The van der Waals surface area contributed by atoms with Gasteiger partial charge >= 0.3 is 11.9 Å². The fraction of sp³-hybridized carbons (Fsp3) is 0.400. The second-order valence-electron chi connectivity index (χ2n) is 4.83. The van der Waals surface area contributed by atoms with Gasteiger partial charge in [-0.05, 0) is 12.1 Å². The van der Waals surface area contributed by atoms with E-state index in [1.807, 2.05) is 0 Å². The van der Waals surface area contributed by atoms with E-state index < -0.39 is 43.0 Å². The van der Waals surface area contributed by atoms with Gasteiger partial charge < -0.3 is 29.9 Å². The highest BCUT2D eigenvalue weighted by Crippen LogP contribution is 2.20. The first-order valence-corrected chi connectivity index (χ1v) is 6.90. The molecule has 0 aliphatic heterocycles. The van der Waals surface area contributed by atoms with E-state index in [0.29, 0.717) is 0 Å². The van der Waals surface area contributed by atoms with Crippen LogP contribution in [0.25, 0.3) is 0 Å². The Kier molecular flexibility index (Phi) is 7.46. The fourth-order valence-electron chi connectivity index (χ4n) is 1.77. The van der Waals surface area contributed by atoms with Crippen LogP contribution in [0.1, 0.15) is 17.3 Å². The molecule has 1 aromatic carbocycles. The average Bonchev–Trinajstić information content (AvgIpc) is 2.57. The Bertz CT molecular complexity index is 586. The number of benzene rings is 1. The molecule has 0 aliphatic rings. The van der Waals surface area contributed by atoms with E-state index in [4.69, 9.17) is 14.6 Å². The number of hydrogen-bond acceptors (Lipinski definition) is 9. The number of para-hydroxylation sites is 1. The molecule has 0 bridgehead atoms. The highest BCUT2D eigenvalue weighted by atomic mass is 16.6. The van der Waals surface area contributed by atoms with E-state index in [9.17, 15) is 29.7 Å². The van der Waals surface area contributed by atoms with Gasteiger partial charge in [0.1, 0.15) is 29.6 Å². The molecule has 132 valence electrons. The number of aliphatic hydroxyl groups is 4. The highest BCUT2D eigenvalue weighted by molar-refractivity contribution is 5.94. The maximum Gasteiger partial charge on any atom is 0.342 e. The molecule has 1 aromatic rings. The molecule has 1 rings (SSSR count). The van der Waals surface area contributed by atoms with Gasteiger partial charge in [-0.1, -0.05) is 12.1 Å². The standard InChI is InChI=1S/C15H18O9/c1-8(18)23-11-5-3-2-4-9(11)15(22)24-12(7-17)14(21)13(20)10(19)6-16/h2-5,7,10,12-14,16,19-21H,6H2,1H3/t10-,12+,13-,14-/m1/s1. The van der Waals surface area contributed by atoms with Gasteiger partial charge in [0, 0.05) is 6.92 Å². The molecule has 0 saturated heterocycles. The third-order valence-corrected chi connectivity index (χ3v) is 3.01. The summed E-state index contributed by atoms with van der Waals surface area (Å²) in [4.78, 5) is 34.1. The molecule has 0 amide bonds. The smallest absolute Gasteiger partial charge is 0.342 e. The second-order valence-corrected chi connectivity index (χ2v) is 4.83. The van der Waals surface area contributed by atoms with E-state index in [2.05, 4.69) is 0 Å². The molecule has 0 radical (unpaired) electrons. The lowest BCUT2D eigenvalue weighted by Crippen LogP contribution is -2.48. The molecule has 0 saturated carbocycles. The molecule has 0 unspecified atom stereocenters. The Morgan fingerprint density at radius 1 is 1.17 bits per heavy atom. The monoisotopic (exact) mass is 342 g/mol. The predicted octanol–water partition coefficient (Wildman–Crippen LogP) is -1.59. The Morgan fingerprint density at radius 2 is 1.79 bits per heavy atom. The zero-order valence-corrected chi connectivity index (χ0v) is 12.7. The number of ether oxygens (including phenoxy) is 2. The summed E-state index contributed by atoms with van der Waals surface area (Å²) in [5, 5.41) is 37.3. The van der Waals surface area contributed by atoms with E-state index in [-0.39, 0.29) is 17.6 Å². The van der Waals surface area contributed by atoms with Crippen LogP contribution in [0.15, 0.2) is 24.3 Å². The molecule has 4 atom stereocenters. The summed E-state index contributed by atoms with van der Waals surface area (Å²) in [6.45, 7) is 0.264. The number of hydrogen-bond donors (Lipinski definition) is 4. The van der Waals surface area contributed by atoms with Gasteiger partial charge in [0.25, 0.3) is 0 Å². The molecule has 9 nitrogen and oxygen atoms in total. The first kappa shape index (κ1) is 19.7. The fourth-order valence-corrected chi connectivity index (χ4v) is 1.77. The first-order valence-electron chi connectivity index (χ1n) is 6.90. The van der Waals surface area contributed by atoms with Gasteiger partial charge in [0.2, 0.25) is 0 Å².